The highest BCUT2D eigenvalue weighted by Gasteiger charge is 2.13. The molecule has 0 radical (unpaired) electrons. The average Bonchev–Trinajstić information content (AvgIpc) is 2.33. The Kier molecular flexibility index (Phi) is 3.04. The first kappa shape index (κ1) is 12.7. The van der Waals surface area contributed by atoms with E-state index in [2.05, 4.69) is 4.98 Å². The molecule has 2 aromatic heterocycles. The number of fused-ring (bicyclic) bond motifs is 1. The number of amides is 1. The lowest BCUT2D eigenvalue weighted by Crippen LogP contribution is -2.25. The summed E-state index contributed by atoms with van der Waals surface area (Å²) in [7, 11) is 0. The fourth-order valence-electron chi connectivity index (χ4n) is 1.79. The lowest BCUT2D eigenvalue weighted by atomic mass is 10.1. The number of carbonyl (C=O) groups excluding carboxylic acids is 1. The van der Waals surface area contributed by atoms with E-state index in [1.165, 1.54) is 18.3 Å². The third kappa shape index (κ3) is 2.30. The molecule has 0 saturated carbocycles. The van der Waals surface area contributed by atoms with Gasteiger partial charge in [0.25, 0.3) is 5.56 Å². The van der Waals surface area contributed by atoms with Gasteiger partial charge in [-0.3, -0.25) is 18.8 Å². The zero-order valence-corrected chi connectivity index (χ0v) is 10.1. The van der Waals surface area contributed by atoms with Gasteiger partial charge < -0.3 is 10.8 Å². The van der Waals surface area contributed by atoms with Gasteiger partial charge in [-0.25, -0.2) is 4.98 Å². The van der Waals surface area contributed by atoms with Crippen molar-refractivity contribution in [1.82, 2.24) is 9.38 Å². The zero-order valence-electron chi connectivity index (χ0n) is 10.1. The molecule has 0 spiro atoms. The van der Waals surface area contributed by atoms with E-state index in [9.17, 15) is 14.4 Å². The summed E-state index contributed by atoms with van der Waals surface area (Å²) in [6.07, 6.45) is 0.846. The second-order valence-electron chi connectivity index (χ2n) is 4.06. The molecule has 0 aliphatic carbocycles. The monoisotopic (exact) mass is 261 g/mol. The number of pyridine rings is 1. The number of carbonyl (C=O) groups is 2. The van der Waals surface area contributed by atoms with Gasteiger partial charge in [-0.1, -0.05) is 0 Å². The lowest BCUT2D eigenvalue weighted by molar-refractivity contribution is -0.136. The third-order valence-corrected chi connectivity index (χ3v) is 2.74. The van der Waals surface area contributed by atoms with Crippen molar-refractivity contribution in [3.8, 4) is 0 Å². The van der Waals surface area contributed by atoms with Crippen LogP contribution in [0.4, 0.5) is 0 Å². The fourth-order valence-corrected chi connectivity index (χ4v) is 1.79. The van der Waals surface area contributed by atoms with Crippen LogP contribution >= 0.6 is 0 Å². The van der Waals surface area contributed by atoms with Gasteiger partial charge in [0, 0.05) is 11.9 Å². The van der Waals surface area contributed by atoms with Gasteiger partial charge in [-0.05, 0) is 19.1 Å². The van der Waals surface area contributed by atoms with Crippen molar-refractivity contribution in [3.63, 3.8) is 0 Å². The Balaban J connectivity index is 2.76. The van der Waals surface area contributed by atoms with Crippen LogP contribution in [0.2, 0.25) is 0 Å². The molecule has 0 unspecified atom stereocenters. The highest BCUT2D eigenvalue weighted by molar-refractivity contribution is 5.92. The molecule has 0 saturated heterocycles. The van der Waals surface area contributed by atoms with E-state index in [-0.39, 0.29) is 11.1 Å². The SMILES string of the molecule is Cc1nc2ccc(C(N)=O)cn2c(=O)c1CC(=O)O. The van der Waals surface area contributed by atoms with E-state index in [1.54, 1.807) is 6.92 Å². The molecule has 0 aliphatic rings. The van der Waals surface area contributed by atoms with Gasteiger partial charge in [-0.2, -0.15) is 0 Å². The molecule has 0 fully saturated rings. The van der Waals surface area contributed by atoms with Gasteiger partial charge in [0.1, 0.15) is 5.65 Å². The number of nitrogens with zero attached hydrogens (tertiary/aromatic N) is 2. The number of primary amides is 1. The Bertz CT molecular complexity index is 748. The molecule has 98 valence electrons. The molecular weight excluding hydrogens is 250 g/mol. The predicted molar refractivity (Wildman–Crippen MR) is 66.1 cm³/mol. The van der Waals surface area contributed by atoms with Crippen molar-refractivity contribution in [1.29, 1.82) is 0 Å². The number of hydrogen-bond donors (Lipinski definition) is 2. The summed E-state index contributed by atoms with van der Waals surface area (Å²) < 4.78 is 1.13. The Labute approximate surface area is 107 Å². The maximum absolute atomic E-state index is 12.2. The molecule has 0 aliphatic heterocycles. The molecule has 3 N–H and O–H groups in total. The number of rotatable bonds is 3. The minimum Gasteiger partial charge on any atom is -0.481 e. The van der Waals surface area contributed by atoms with Crippen molar-refractivity contribution in [3.05, 3.63) is 45.5 Å². The third-order valence-electron chi connectivity index (χ3n) is 2.74. The summed E-state index contributed by atoms with van der Waals surface area (Å²) in [6.45, 7) is 1.57. The Morgan fingerprint density at radius 1 is 1.42 bits per heavy atom. The summed E-state index contributed by atoms with van der Waals surface area (Å²) in [5, 5.41) is 8.78. The van der Waals surface area contributed by atoms with E-state index in [1.807, 2.05) is 0 Å². The van der Waals surface area contributed by atoms with Gasteiger partial charge in [0.15, 0.2) is 0 Å². The highest BCUT2D eigenvalue weighted by atomic mass is 16.4. The fraction of sp³-hybridized carbons (Fsp3) is 0.167. The quantitative estimate of drug-likeness (QED) is 0.789. The molecule has 7 nitrogen and oxygen atoms in total. The molecular formula is C12H11N3O4. The van der Waals surface area contributed by atoms with Crippen LogP contribution in [0.3, 0.4) is 0 Å². The van der Waals surface area contributed by atoms with Crippen LogP contribution in [0.25, 0.3) is 5.65 Å². The first-order valence-corrected chi connectivity index (χ1v) is 5.43. The standard InChI is InChI=1S/C12H11N3O4/c1-6-8(4-10(16)17)12(19)15-5-7(11(13)18)2-3-9(15)14-6/h2-3,5H,4H2,1H3,(H2,13,18)(H,16,17). The molecule has 2 heterocycles. The molecule has 0 aromatic carbocycles. The van der Waals surface area contributed by atoms with E-state index in [0.717, 1.165) is 4.40 Å². The maximum atomic E-state index is 12.2. The number of aromatic nitrogens is 2. The van der Waals surface area contributed by atoms with E-state index in [4.69, 9.17) is 10.8 Å². The maximum Gasteiger partial charge on any atom is 0.308 e. The molecule has 7 heteroatoms. The Hall–Kier alpha value is -2.70. The molecule has 0 bridgehead atoms. The van der Waals surface area contributed by atoms with Crippen LogP contribution in [-0.4, -0.2) is 26.4 Å². The molecule has 0 atom stereocenters. The number of carboxylic acid groups (broad SMARTS) is 1. The molecule has 2 aromatic rings. The molecule has 2 rings (SSSR count). The van der Waals surface area contributed by atoms with Crippen molar-refractivity contribution in [2.24, 2.45) is 5.73 Å². The van der Waals surface area contributed by atoms with Crippen LogP contribution in [-0.2, 0) is 11.2 Å². The summed E-state index contributed by atoms with van der Waals surface area (Å²) >= 11 is 0. The summed E-state index contributed by atoms with van der Waals surface area (Å²) in [4.78, 5) is 38.1. The Morgan fingerprint density at radius 3 is 2.68 bits per heavy atom. The zero-order chi connectivity index (χ0) is 14.2. The second-order valence-corrected chi connectivity index (χ2v) is 4.06. The van der Waals surface area contributed by atoms with Crippen molar-refractivity contribution >= 4 is 17.5 Å². The second kappa shape index (κ2) is 4.52. The van der Waals surface area contributed by atoms with Crippen molar-refractivity contribution < 1.29 is 14.7 Å². The number of aryl methyl sites for hydroxylation is 1. The summed E-state index contributed by atoms with van der Waals surface area (Å²) in [5.74, 6) is -1.79. The average molecular weight is 261 g/mol. The predicted octanol–water partition coefficient (Wildman–Crippen LogP) is -0.271. The largest absolute Gasteiger partial charge is 0.481 e. The van der Waals surface area contributed by atoms with Gasteiger partial charge in [-0.15, -0.1) is 0 Å². The first-order valence-electron chi connectivity index (χ1n) is 5.43. The van der Waals surface area contributed by atoms with Crippen LogP contribution in [0, 0.1) is 6.92 Å². The van der Waals surface area contributed by atoms with Crippen molar-refractivity contribution in [2.75, 3.05) is 0 Å². The minimum absolute atomic E-state index is 0.0895. The molecule has 1 amide bonds. The number of nitrogens with two attached hydrogens (primary N) is 1. The summed E-state index contributed by atoms with van der Waals surface area (Å²) in [5.41, 5.74) is 5.57. The van der Waals surface area contributed by atoms with Gasteiger partial charge in [0.2, 0.25) is 5.91 Å². The topological polar surface area (TPSA) is 115 Å². The number of carboxylic acids is 1. The Morgan fingerprint density at radius 2 is 2.11 bits per heavy atom. The highest BCUT2D eigenvalue weighted by Crippen LogP contribution is 2.06. The first-order chi connectivity index (χ1) is 8.90. The normalized spacial score (nSPS) is 10.6. The van der Waals surface area contributed by atoms with Crippen LogP contribution in [0.15, 0.2) is 23.1 Å². The van der Waals surface area contributed by atoms with E-state index in [0.29, 0.717) is 11.3 Å². The minimum atomic E-state index is -1.12. The summed E-state index contributed by atoms with van der Waals surface area (Å²) in [6, 6.07) is 2.94. The van der Waals surface area contributed by atoms with Crippen LogP contribution < -0.4 is 11.3 Å². The van der Waals surface area contributed by atoms with Gasteiger partial charge in [0.05, 0.1) is 17.5 Å². The number of hydrogen-bond acceptors (Lipinski definition) is 4. The van der Waals surface area contributed by atoms with Crippen LogP contribution in [0.1, 0.15) is 21.6 Å². The van der Waals surface area contributed by atoms with Crippen LogP contribution in [0.5, 0.6) is 0 Å². The smallest absolute Gasteiger partial charge is 0.308 e. The van der Waals surface area contributed by atoms with E-state index < -0.39 is 23.9 Å². The van der Waals surface area contributed by atoms with Crippen molar-refractivity contribution in [2.45, 2.75) is 13.3 Å². The molecule has 19 heavy (non-hydrogen) atoms. The lowest BCUT2D eigenvalue weighted by Gasteiger charge is -2.07. The van der Waals surface area contributed by atoms with Gasteiger partial charge >= 0.3 is 5.97 Å². The van der Waals surface area contributed by atoms with E-state index >= 15 is 0 Å². The number of aliphatic carboxylic acids is 1.